The Bertz CT molecular complexity index is 865. The topological polar surface area (TPSA) is 49.4 Å². The zero-order chi connectivity index (χ0) is 22.8. The molecule has 1 saturated carbocycles. The molecule has 0 aromatic heterocycles. The van der Waals surface area contributed by atoms with E-state index in [0.717, 1.165) is 35.5 Å². The smallest absolute Gasteiger partial charge is 0.243 e. The van der Waals surface area contributed by atoms with Crippen molar-refractivity contribution < 1.29 is 9.59 Å². The van der Waals surface area contributed by atoms with E-state index in [2.05, 4.69) is 36.5 Å². The molecule has 1 fully saturated rings. The summed E-state index contributed by atoms with van der Waals surface area (Å²) in [5, 5.41) is 3.22. The van der Waals surface area contributed by atoms with Gasteiger partial charge in [0, 0.05) is 30.5 Å². The number of amides is 2. The summed E-state index contributed by atoms with van der Waals surface area (Å²) in [5.41, 5.74) is 3.52. The first kappa shape index (κ1) is 24.4. The van der Waals surface area contributed by atoms with Crippen molar-refractivity contribution >= 4 is 23.6 Å². The maximum atomic E-state index is 13.3. The standard InChI is InChI=1S/C27H36N2O2S/c1-3-25(27(31)28-24-15-9-10-16-24)29(19-23-14-8-7-11-21(23)2)26(30)17-18-32-20-22-12-5-4-6-13-22/h4-8,11-14,24-25H,3,9-10,15-20H2,1-2H3,(H,28,31)/t25-/m1/s1. The summed E-state index contributed by atoms with van der Waals surface area (Å²) >= 11 is 1.77. The predicted molar refractivity (Wildman–Crippen MR) is 133 cm³/mol. The summed E-state index contributed by atoms with van der Waals surface area (Å²) in [6.45, 7) is 4.54. The van der Waals surface area contributed by atoms with Gasteiger partial charge in [0.2, 0.25) is 11.8 Å². The van der Waals surface area contributed by atoms with Gasteiger partial charge in [-0.05, 0) is 42.9 Å². The van der Waals surface area contributed by atoms with Gasteiger partial charge in [0.1, 0.15) is 6.04 Å². The fourth-order valence-corrected chi connectivity index (χ4v) is 5.22. The molecule has 4 nitrogen and oxygen atoms in total. The van der Waals surface area contributed by atoms with Crippen LogP contribution in [-0.4, -0.2) is 34.6 Å². The average molecular weight is 453 g/mol. The second kappa shape index (κ2) is 12.7. The van der Waals surface area contributed by atoms with Crippen LogP contribution in [0, 0.1) is 6.92 Å². The lowest BCUT2D eigenvalue weighted by atomic mass is 10.1. The maximum Gasteiger partial charge on any atom is 0.243 e. The van der Waals surface area contributed by atoms with E-state index in [4.69, 9.17) is 0 Å². The highest BCUT2D eigenvalue weighted by Crippen LogP contribution is 2.21. The molecule has 0 unspecified atom stereocenters. The van der Waals surface area contributed by atoms with Gasteiger partial charge in [-0.15, -0.1) is 0 Å². The lowest BCUT2D eigenvalue weighted by Crippen LogP contribution is -2.51. The molecule has 0 bridgehead atoms. The van der Waals surface area contributed by atoms with Crippen molar-refractivity contribution in [2.45, 2.75) is 76.8 Å². The number of aryl methyl sites for hydroxylation is 1. The third-order valence-electron chi connectivity index (χ3n) is 6.26. The summed E-state index contributed by atoms with van der Waals surface area (Å²) in [5.74, 6) is 1.70. The highest BCUT2D eigenvalue weighted by atomic mass is 32.2. The number of nitrogens with one attached hydrogen (secondary N) is 1. The quantitative estimate of drug-likeness (QED) is 0.459. The van der Waals surface area contributed by atoms with E-state index < -0.39 is 6.04 Å². The van der Waals surface area contributed by atoms with Crippen LogP contribution in [0.1, 0.15) is 62.1 Å². The number of thioether (sulfide) groups is 1. The van der Waals surface area contributed by atoms with E-state index in [1.54, 1.807) is 11.8 Å². The Hall–Kier alpha value is -2.27. The van der Waals surface area contributed by atoms with Gasteiger partial charge in [-0.1, -0.05) is 74.4 Å². The van der Waals surface area contributed by atoms with Crippen LogP contribution >= 0.6 is 11.8 Å². The van der Waals surface area contributed by atoms with E-state index in [9.17, 15) is 9.59 Å². The fraction of sp³-hybridized carbons (Fsp3) is 0.481. The summed E-state index contributed by atoms with van der Waals surface area (Å²) in [6, 6.07) is 18.3. The molecule has 0 heterocycles. The van der Waals surface area contributed by atoms with Crippen LogP contribution < -0.4 is 5.32 Å². The normalized spacial score (nSPS) is 14.8. The van der Waals surface area contributed by atoms with Gasteiger partial charge in [-0.2, -0.15) is 11.8 Å². The molecule has 1 N–H and O–H groups in total. The number of carbonyl (C=O) groups is 2. The second-order valence-corrected chi connectivity index (χ2v) is 9.76. The van der Waals surface area contributed by atoms with Crippen LogP contribution in [0.5, 0.6) is 0 Å². The van der Waals surface area contributed by atoms with Crippen LogP contribution in [0.2, 0.25) is 0 Å². The second-order valence-electron chi connectivity index (χ2n) is 8.65. The molecule has 2 aromatic carbocycles. The number of hydrogen-bond donors (Lipinski definition) is 1. The van der Waals surface area contributed by atoms with Crippen molar-refractivity contribution in [3.8, 4) is 0 Å². The van der Waals surface area contributed by atoms with Crippen LogP contribution in [0.25, 0.3) is 0 Å². The highest BCUT2D eigenvalue weighted by molar-refractivity contribution is 7.98. The summed E-state index contributed by atoms with van der Waals surface area (Å²) in [7, 11) is 0. The molecule has 1 aliphatic rings. The molecule has 1 aliphatic carbocycles. The van der Waals surface area contributed by atoms with E-state index in [0.29, 0.717) is 19.4 Å². The van der Waals surface area contributed by atoms with Crippen molar-refractivity contribution in [3.63, 3.8) is 0 Å². The Labute approximate surface area is 197 Å². The van der Waals surface area contributed by atoms with Crippen molar-refractivity contribution in [1.29, 1.82) is 0 Å². The maximum absolute atomic E-state index is 13.3. The Balaban J connectivity index is 1.66. The molecule has 0 saturated heterocycles. The Morgan fingerprint density at radius 3 is 2.44 bits per heavy atom. The minimum Gasteiger partial charge on any atom is -0.352 e. The van der Waals surface area contributed by atoms with Crippen molar-refractivity contribution in [2.75, 3.05) is 5.75 Å². The molecule has 1 atom stereocenters. The molecule has 0 aliphatic heterocycles. The van der Waals surface area contributed by atoms with Gasteiger partial charge in [0.25, 0.3) is 0 Å². The molecule has 2 aromatic rings. The largest absolute Gasteiger partial charge is 0.352 e. The minimum absolute atomic E-state index is 0.00160. The zero-order valence-corrected chi connectivity index (χ0v) is 20.2. The number of rotatable bonds is 11. The first-order valence-electron chi connectivity index (χ1n) is 11.8. The molecular formula is C27H36N2O2S. The Morgan fingerprint density at radius 1 is 1.06 bits per heavy atom. The van der Waals surface area contributed by atoms with Crippen molar-refractivity contribution in [1.82, 2.24) is 10.2 Å². The first-order chi connectivity index (χ1) is 15.6. The third-order valence-corrected chi connectivity index (χ3v) is 7.29. The number of hydrogen-bond acceptors (Lipinski definition) is 3. The lowest BCUT2D eigenvalue weighted by Gasteiger charge is -2.32. The fourth-order valence-electron chi connectivity index (χ4n) is 4.33. The van der Waals surface area contributed by atoms with Gasteiger partial charge in [-0.25, -0.2) is 0 Å². The summed E-state index contributed by atoms with van der Waals surface area (Å²) in [6.07, 6.45) is 5.50. The van der Waals surface area contributed by atoms with E-state index in [1.165, 1.54) is 18.4 Å². The van der Waals surface area contributed by atoms with Gasteiger partial charge >= 0.3 is 0 Å². The molecule has 2 amide bonds. The third kappa shape index (κ3) is 7.13. The SMILES string of the molecule is CC[C@H](C(=O)NC1CCCC1)N(Cc1ccccc1C)C(=O)CCSCc1ccccc1. The number of nitrogens with zero attached hydrogens (tertiary/aromatic N) is 1. The highest BCUT2D eigenvalue weighted by Gasteiger charge is 2.30. The van der Waals surface area contributed by atoms with Crippen LogP contribution in [0.15, 0.2) is 54.6 Å². The molecule has 5 heteroatoms. The van der Waals surface area contributed by atoms with Crippen LogP contribution in [0.4, 0.5) is 0 Å². The average Bonchev–Trinajstić information content (AvgIpc) is 3.31. The Morgan fingerprint density at radius 2 is 1.75 bits per heavy atom. The monoisotopic (exact) mass is 452 g/mol. The van der Waals surface area contributed by atoms with Crippen LogP contribution in [0.3, 0.4) is 0 Å². The first-order valence-corrected chi connectivity index (χ1v) is 13.0. The predicted octanol–water partition coefficient (Wildman–Crippen LogP) is 5.48. The Kier molecular flexibility index (Phi) is 9.66. The number of carbonyl (C=O) groups excluding carboxylic acids is 2. The van der Waals surface area contributed by atoms with Gasteiger partial charge in [0.15, 0.2) is 0 Å². The molecule has 0 radical (unpaired) electrons. The molecule has 0 spiro atoms. The van der Waals surface area contributed by atoms with Gasteiger partial charge in [0.05, 0.1) is 0 Å². The molecule has 3 rings (SSSR count). The van der Waals surface area contributed by atoms with Gasteiger partial charge in [-0.3, -0.25) is 9.59 Å². The summed E-state index contributed by atoms with van der Waals surface area (Å²) < 4.78 is 0. The minimum atomic E-state index is -0.429. The zero-order valence-electron chi connectivity index (χ0n) is 19.4. The van der Waals surface area contributed by atoms with Gasteiger partial charge < -0.3 is 10.2 Å². The molecule has 172 valence electrons. The van der Waals surface area contributed by atoms with Crippen molar-refractivity contribution in [2.24, 2.45) is 0 Å². The van der Waals surface area contributed by atoms with E-state index >= 15 is 0 Å². The van der Waals surface area contributed by atoms with E-state index in [-0.39, 0.29) is 17.9 Å². The number of benzene rings is 2. The molecular weight excluding hydrogens is 416 g/mol. The van der Waals surface area contributed by atoms with E-state index in [1.807, 2.05) is 42.2 Å². The summed E-state index contributed by atoms with van der Waals surface area (Å²) in [4.78, 5) is 28.3. The lowest BCUT2D eigenvalue weighted by molar-refractivity contribution is -0.141. The van der Waals surface area contributed by atoms with Crippen LogP contribution in [-0.2, 0) is 21.9 Å². The molecule has 32 heavy (non-hydrogen) atoms. The van der Waals surface area contributed by atoms with Crippen molar-refractivity contribution in [3.05, 3.63) is 71.3 Å².